The van der Waals surface area contributed by atoms with Crippen LogP contribution in [0, 0.1) is 0 Å². The van der Waals surface area contributed by atoms with Gasteiger partial charge in [-0.1, -0.05) is 60.7 Å². The molecule has 4 N–H and O–H groups in total. The Morgan fingerprint density at radius 1 is 0.808 bits per heavy atom. The van der Waals surface area contributed by atoms with Crippen LogP contribution in [-0.4, -0.2) is 11.9 Å². The van der Waals surface area contributed by atoms with Gasteiger partial charge in [0, 0.05) is 23.4 Å². The summed E-state index contributed by atoms with van der Waals surface area (Å²) in [6.07, 6.45) is 0. The highest BCUT2D eigenvalue weighted by molar-refractivity contribution is 6.06. The largest absolute Gasteiger partial charge is 0.352 e. The molecular weight excluding hydrogens is 326 g/mol. The van der Waals surface area contributed by atoms with Crippen molar-refractivity contribution < 1.29 is 9.59 Å². The van der Waals surface area contributed by atoms with E-state index in [9.17, 15) is 9.59 Å². The van der Waals surface area contributed by atoms with Crippen molar-refractivity contribution in [3.63, 3.8) is 0 Å². The molecule has 0 aliphatic heterocycles. The van der Waals surface area contributed by atoms with Crippen LogP contribution in [0.25, 0.3) is 11.1 Å². The first-order valence-electron chi connectivity index (χ1n) is 8.21. The first kappa shape index (κ1) is 17.2. The third-order valence-corrected chi connectivity index (χ3v) is 3.94. The van der Waals surface area contributed by atoms with Gasteiger partial charge in [-0.05, 0) is 29.3 Å². The molecule has 5 heteroatoms. The Kier molecular flexibility index (Phi) is 5.29. The average Bonchev–Trinajstić information content (AvgIpc) is 2.68. The van der Waals surface area contributed by atoms with E-state index in [0.717, 1.165) is 22.4 Å². The van der Waals surface area contributed by atoms with Crippen LogP contribution in [0.1, 0.15) is 15.9 Å². The van der Waals surface area contributed by atoms with Crippen LogP contribution in [0.15, 0.2) is 78.9 Å². The van der Waals surface area contributed by atoms with Gasteiger partial charge >= 0.3 is 6.03 Å². The molecule has 5 nitrogen and oxygen atoms in total. The summed E-state index contributed by atoms with van der Waals surface area (Å²) in [5, 5.41) is 5.48. The number of nitrogens with two attached hydrogens (primary N) is 1. The van der Waals surface area contributed by atoms with Gasteiger partial charge in [0.2, 0.25) is 0 Å². The lowest BCUT2D eigenvalue weighted by Crippen LogP contribution is -2.28. The minimum Gasteiger partial charge on any atom is -0.352 e. The molecule has 130 valence electrons. The van der Waals surface area contributed by atoms with Crippen molar-refractivity contribution in [1.82, 2.24) is 5.32 Å². The number of para-hydroxylation sites is 1. The predicted molar refractivity (Wildman–Crippen MR) is 103 cm³/mol. The second-order valence-corrected chi connectivity index (χ2v) is 5.78. The third kappa shape index (κ3) is 4.27. The Morgan fingerprint density at radius 2 is 1.46 bits per heavy atom. The zero-order chi connectivity index (χ0) is 18.4. The van der Waals surface area contributed by atoms with Gasteiger partial charge in [-0.2, -0.15) is 0 Å². The highest BCUT2D eigenvalue weighted by Crippen LogP contribution is 2.27. The monoisotopic (exact) mass is 345 g/mol. The van der Waals surface area contributed by atoms with Crippen LogP contribution < -0.4 is 16.4 Å². The fourth-order valence-electron chi connectivity index (χ4n) is 2.62. The molecule has 0 spiro atoms. The lowest BCUT2D eigenvalue weighted by atomic mass is 10.0. The Bertz CT molecular complexity index is 906. The summed E-state index contributed by atoms with van der Waals surface area (Å²) in [5.41, 5.74) is 9.21. The number of hydrogen-bond donors (Lipinski definition) is 3. The van der Waals surface area contributed by atoms with Crippen LogP contribution in [-0.2, 0) is 6.54 Å². The van der Waals surface area contributed by atoms with Gasteiger partial charge in [0.1, 0.15) is 0 Å². The summed E-state index contributed by atoms with van der Waals surface area (Å²) in [6, 6.07) is 24.0. The number of primary amides is 1. The Labute approximate surface area is 151 Å². The maximum absolute atomic E-state index is 12.6. The molecule has 0 heterocycles. The Balaban J connectivity index is 1.75. The van der Waals surface area contributed by atoms with Gasteiger partial charge < -0.3 is 16.4 Å². The number of carbonyl (C=O) groups excluding carboxylic acids is 2. The van der Waals surface area contributed by atoms with Gasteiger partial charge in [-0.15, -0.1) is 0 Å². The van der Waals surface area contributed by atoms with Crippen molar-refractivity contribution in [3.05, 3.63) is 90.0 Å². The summed E-state index contributed by atoms with van der Waals surface area (Å²) < 4.78 is 0. The molecule has 0 unspecified atom stereocenters. The van der Waals surface area contributed by atoms with Crippen molar-refractivity contribution in [3.8, 4) is 11.1 Å². The minimum absolute atomic E-state index is 0.192. The molecule has 3 aromatic carbocycles. The highest BCUT2D eigenvalue weighted by atomic mass is 16.2. The number of carbonyl (C=O) groups is 2. The number of nitrogens with one attached hydrogen (secondary N) is 2. The topological polar surface area (TPSA) is 84.2 Å². The summed E-state index contributed by atoms with van der Waals surface area (Å²) in [7, 11) is 0. The fraction of sp³-hybridized carbons (Fsp3) is 0.0476. The zero-order valence-corrected chi connectivity index (χ0v) is 14.1. The van der Waals surface area contributed by atoms with Gasteiger partial charge in [0.05, 0.1) is 0 Å². The second kappa shape index (κ2) is 7.98. The minimum atomic E-state index is -0.579. The molecule has 0 aliphatic rings. The maximum atomic E-state index is 12.6. The first-order valence-corrected chi connectivity index (χ1v) is 8.21. The quantitative estimate of drug-likeness (QED) is 0.657. The molecule has 0 bridgehead atoms. The molecule has 0 saturated carbocycles. The molecule has 3 rings (SSSR count). The van der Waals surface area contributed by atoms with Crippen molar-refractivity contribution in [2.75, 3.05) is 5.32 Å². The van der Waals surface area contributed by atoms with Crippen LogP contribution in [0.3, 0.4) is 0 Å². The number of anilines is 1. The maximum Gasteiger partial charge on any atom is 0.312 e. The van der Waals surface area contributed by atoms with Crippen LogP contribution >= 0.6 is 0 Å². The van der Waals surface area contributed by atoms with Gasteiger partial charge in [-0.3, -0.25) is 4.79 Å². The van der Waals surface area contributed by atoms with Crippen molar-refractivity contribution in [2.24, 2.45) is 5.73 Å². The van der Waals surface area contributed by atoms with E-state index >= 15 is 0 Å². The van der Waals surface area contributed by atoms with E-state index in [1.165, 1.54) is 0 Å². The molecule has 0 atom stereocenters. The molecule has 0 aliphatic carbocycles. The number of rotatable bonds is 5. The van der Waals surface area contributed by atoms with Crippen molar-refractivity contribution in [1.29, 1.82) is 0 Å². The Hall–Kier alpha value is -3.60. The van der Waals surface area contributed by atoms with Crippen molar-refractivity contribution >= 4 is 17.6 Å². The summed E-state index contributed by atoms with van der Waals surface area (Å²) in [6.45, 7) is 0.327. The van der Waals surface area contributed by atoms with Gasteiger partial charge in [0.15, 0.2) is 0 Å². The number of amides is 3. The van der Waals surface area contributed by atoms with E-state index in [4.69, 9.17) is 5.73 Å². The first-order chi connectivity index (χ1) is 12.6. The van der Waals surface area contributed by atoms with Crippen molar-refractivity contribution in [2.45, 2.75) is 6.54 Å². The fourth-order valence-corrected chi connectivity index (χ4v) is 2.62. The standard InChI is InChI=1S/C21H19N3O2/c22-21(26)23-14-15-10-12-17(13-11-15)20(25)24-19-9-5-4-8-18(19)16-6-2-1-3-7-16/h1-13H,14H2,(H,24,25)(H3,22,23,26). The third-order valence-electron chi connectivity index (χ3n) is 3.94. The summed E-state index contributed by atoms with van der Waals surface area (Å²) in [5.74, 6) is -0.192. The van der Waals surface area contributed by atoms with E-state index in [2.05, 4.69) is 10.6 Å². The molecule has 3 amide bonds. The zero-order valence-electron chi connectivity index (χ0n) is 14.1. The molecular formula is C21H19N3O2. The molecule has 0 aromatic heterocycles. The molecule has 0 radical (unpaired) electrons. The molecule has 3 aromatic rings. The van der Waals surface area contributed by atoms with E-state index in [1.807, 2.05) is 54.6 Å². The van der Waals surface area contributed by atoms with E-state index in [1.54, 1.807) is 24.3 Å². The normalized spacial score (nSPS) is 10.2. The highest BCUT2D eigenvalue weighted by Gasteiger charge is 2.10. The second-order valence-electron chi connectivity index (χ2n) is 5.78. The SMILES string of the molecule is NC(=O)NCc1ccc(C(=O)Nc2ccccc2-c2ccccc2)cc1. The molecule has 26 heavy (non-hydrogen) atoms. The number of benzene rings is 3. The van der Waals surface area contributed by atoms with Crippen LogP contribution in [0.4, 0.5) is 10.5 Å². The number of hydrogen-bond acceptors (Lipinski definition) is 2. The average molecular weight is 345 g/mol. The van der Waals surface area contributed by atoms with Gasteiger partial charge in [0.25, 0.3) is 5.91 Å². The van der Waals surface area contributed by atoms with E-state index in [0.29, 0.717) is 12.1 Å². The predicted octanol–water partition coefficient (Wildman–Crippen LogP) is 3.77. The molecule has 0 saturated heterocycles. The van der Waals surface area contributed by atoms with E-state index in [-0.39, 0.29) is 5.91 Å². The Morgan fingerprint density at radius 3 is 2.15 bits per heavy atom. The smallest absolute Gasteiger partial charge is 0.312 e. The lowest BCUT2D eigenvalue weighted by molar-refractivity contribution is 0.102. The lowest BCUT2D eigenvalue weighted by Gasteiger charge is -2.11. The number of urea groups is 1. The molecule has 0 fully saturated rings. The van der Waals surface area contributed by atoms with Crippen LogP contribution in [0.2, 0.25) is 0 Å². The van der Waals surface area contributed by atoms with E-state index < -0.39 is 6.03 Å². The summed E-state index contributed by atoms with van der Waals surface area (Å²) >= 11 is 0. The summed E-state index contributed by atoms with van der Waals surface area (Å²) in [4.78, 5) is 23.3. The van der Waals surface area contributed by atoms with Gasteiger partial charge in [-0.25, -0.2) is 4.79 Å². The van der Waals surface area contributed by atoms with Crippen LogP contribution in [0.5, 0.6) is 0 Å².